The predicted molar refractivity (Wildman–Crippen MR) is 381 cm³/mol. The number of hydrogen-bond donors (Lipinski definition) is 3. The molecule has 94 heavy (non-hydrogen) atoms. The van der Waals surface area contributed by atoms with Gasteiger partial charge in [0.15, 0.2) is 12.2 Å². The zero-order valence-corrected chi connectivity index (χ0v) is 61.4. The lowest BCUT2D eigenvalue weighted by Gasteiger charge is -2.21. The van der Waals surface area contributed by atoms with Crippen molar-refractivity contribution in [3.05, 3.63) is 60.8 Å². The SMILES string of the molecule is CC/C=C\C/C=C\C/C=C\CCCCCCCC(=O)OCC(COP(=O)(O)OCC(O)COP(=O)(O)OCC(COC(=O)CCCCCCCCCCCCCCCCC)OC(=O)CCCCCCC/C=C\C/C=C\CCC)OC(=O)CCCCCCCCCCCCC. The van der Waals surface area contributed by atoms with Gasteiger partial charge >= 0.3 is 39.5 Å². The van der Waals surface area contributed by atoms with Gasteiger partial charge in [0.2, 0.25) is 0 Å². The summed E-state index contributed by atoms with van der Waals surface area (Å²) in [6.45, 7) is 4.70. The second kappa shape index (κ2) is 68.3. The minimum Gasteiger partial charge on any atom is -0.462 e. The first-order valence-electron chi connectivity index (χ1n) is 37.5. The molecule has 0 aromatic heterocycles. The molecule has 0 fully saturated rings. The molecule has 0 aliphatic heterocycles. The molecule has 0 spiro atoms. The highest BCUT2D eigenvalue weighted by Crippen LogP contribution is 2.45. The number of phosphoric ester groups is 2. The molecule has 0 heterocycles. The predicted octanol–water partition coefficient (Wildman–Crippen LogP) is 21.1. The number of hydrogen-bond acceptors (Lipinski definition) is 15. The molecular weight excluding hydrogens is 1230 g/mol. The smallest absolute Gasteiger partial charge is 0.462 e. The zero-order valence-electron chi connectivity index (χ0n) is 59.6. The van der Waals surface area contributed by atoms with E-state index in [2.05, 4.69) is 88.5 Å². The van der Waals surface area contributed by atoms with Crippen molar-refractivity contribution >= 4 is 39.5 Å². The molecule has 0 aromatic carbocycles. The number of unbranched alkanes of at least 4 members (excludes halogenated alkanes) is 35. The molecule has 17 nitrogen and oxygen atoms in total. The van der Waals surface area contributed by atoms with Gasteiger partial charge in [-0.15, -0.1) is 0 Å². The summed E-state index contributed by atoms with van der Waals surface area (Å²) in [4.78, 5) is 72.7. The second-order valence-corrected chi connectivity index (χ2v) is 28.1. The lowest BCUT2D eigenvalue weighted by molar-refractivity contribution is -0.161. The van der Waals surface area contributed by atoms with E-state index in [0.717, 1.165) is 148 Å². The van der Waals surface area contributed by atoms with Crippen LogP contribution in [0.25, 0.3) is 0 Å². The van der Waals surface area contributed by atoms with Gasteiger partial charge in [-0.3, -0.25) is 37.3 Å². The summed E-state index contributed by atoms with van der Waals surface area (Å²) in [6.07, 6.45) is 65.0. The molecule has 3 N–H and O–H groups in total. The second-order valence-electron chi connectivity index (χ2n) is 25.2. The number of esters is 4. The van der Waals surface area contributed by atoms with E-state index in [1.54, 1.807) is 0 Å². The molecule has 19 heteroatoms. The van der Waals surface area contributed by atoms with Crippen LogP contribution in [0.15, 0.2) is 60.8 Å². The summed E-state index contributed by atoms with van der Waals surface area (Å²) in [5.41, 5.74) is 0. The number of allylic oxidation sites excluding steroid dienone is 10. The quantitative estimate of drug-likeness (QED) is 0.0169. The van der Waals surface area contributed by atoms with Gasteiger partial charge in [0.1, 0.15) is 19.3 Å². The van der Waals surface area contributed by atoms with Crippen molar-refractivity contribution in [2.45, 2.75) is 354 Å². The van der Waals surface area contributed by atoms with Crippen molar-refractivity contribution in [3.63, 3.8) is 0 Å². The van der Waals surface area contributed by atoms with Gasteiger partial charge in [0.05, 0.1) is 26.4 Å². The Balaban J connectivity index is 5.30. The summed E-state index contributed by atoms with van der Waals surface area (Å²) in [7, 11) is -9.93. The van der Waals surface area contributed by atoms with Gasteiger partial charge < -0.3 is 33.8 Å². The Hall–Kier alpha value is -3.24. The fourth-order valence-electron chi connectivity index (χ4n) is 10.3. The molecular formula is C75H136O17P2. The minimum absolute atomic E-state index is 0.0838. The fourth-order valence-corrected chi connectivity index (χ4v) is 11.9. The molecule has 0 rings (SSSR count). The first kappa shape index (κ1) is 90.8. The molecule has 5 unspecified atom stereocenters. The van der Waals surface area contributed by atoms with Crippen molar-refractivity contribution in [2.24, 2.45) is 0 Å². The summed E-state index contributed by atoms with van der Waals surface area (Å²) < 4.78 is 68.4. The van der Waals surface area contributed by atoms with Crippen LogP contribution < -0.4 is 0 Å². The molecule has 0 saturated heterocycles. The van der Waals surface area contributed by atoms with Crippen molar-refractivity contribution in [1.82, 2.24) is 0 Å². The number of aliphatic hydroxyl groups excluding tert-OH is 1. The summed E-state index contributed by atoms with van der Waals surface area (Å²) in [5, 5.41) is 10.6. The van der Waals surface area contributed by atoms with E-state index >= 15 is 0 Å². The van der Waals surface area contributed by atoms with Gasteiger partial charge in [-0.2, -0.15) is 0 Å². The average molecular weight is 1370 g/mol. The van der Waals surface area contributed by atoms with Crippen LogP contribution in [0.5, 0.6) is 0 Å². The third-order valence-corrected chi connectivity index (χ3v) is 17.9. The van der Waals surface area contributed by atoms with E-state index in [0.29, 0.717) is 25.7 Å². The van der Waals surface area contributed by atoms with Gasteiger partial charge in [0, 0.05) is 25.7 Å². The van der Waals surface area contributed by atoms with E-state index in [4.69, 9.17) is 37.0 Å². The van der Waals surface area contributed by atoms with E-state index in [1.165, 1.54) is 109 Å². The third-order valence-electron chi connectivity index (χ3n) is 16.0. The number of carbonyl (C=O) groups is 4. The molecule has 0 radical (unpaired) electrons. The molecule has 5 atom stereocenters. The summed E-state index contributed by atoms with van der Waals surface area (Å²) in [6, 6.07) is 0. The Bertz CT molecular complexity index is 2030. The van der Waals surface area contributed by atoms with Crippen LogP contribution in [-0.4, -0.2) is 96.7 Å². The normalized spacial score (nSPS) is 14.3. The van der Waals surface area contributed by atoms with Crippen LogP contribution in [0.2, 0.25) is 0 Å². The number of phosphoric acid groups is 2. The molecule has 0 aliphatic rings. The lowest BCUT2D eigenvalue weighted by atomic mass is 10.0. The minimum atomic E-state index is -4.97. The largest absolute Gasteiger partial charge is 0.472 e. The number of aliphatic hydroxyl groups is 1. The van der Waals surface area contributed by atoms with Crippen molar-refractivity contribution in [2.75, 3.05) is 39.6 Å². The Morgan fingerprint density at radius 3 is 0.894 bits per heavy atom. The molecule has 0 bridgehead atoms. The average Bonchev–Trinajstić information content (AvgIpc) is 1.35. The van der Waals surface area contributed by atoms with E-state index < -0.39 is 97.5 Å². The highest BCUT2D eigenvalue weighted by Gasteiger charge is 2.30. The summed E-state index contributed by atoms with van der Waals surface area (Å²) >= 11 is 0. The molecule has 0 aliphatic carbocycles. The Kier molecular flexibility index (Phi) is 65.9. The number of rotatable bonds is 71. The van der Waals surface area contributed by atoms with Gasteiger partial charge in [0.25, 0.3) is 0 Å². The maximum atomic E-state index is 13.0. The monoisotopic (exact) mass is 1370 g/mol. The molecule has 548 valence electrons. The van der Waals surface area contributed by atoms with Gasteiger partial charge in [-0.1, -0.05) is 288 Å². The molecule has 0 aromatic rings. The first-order valence-corrected chi connectivity index (χ1v) is 40.5. The highest BCUT2D eigenvalue weighted by atomic mass is 31.2. The van der Waals surface area contributed by atoms with Crippen LogP contribution in [0.4, 0.5) is 0 Å². The van der Waals surface area contributed by atoms with Crippen LogP contribution in [0, 0.1) is 0 Å². The van der Waals surface area contributed by atoms with Crippen molar-refractivity contribution in [3.8, 4) is 0 Å². The van der Waals surface area contributed by atoms with Crippen molar-refractivity contribution < 1.29 is 80.2 Å². The Morgan fingerprint density at radius 2 is 0.574 bits per heavy atom. The van der Waals surface area contributed by atoms with E-state index in [9.17, 15) is 43.2 Å². The first-order chi connectivity index (χ1) is 45.7. The zero-order chi connectivity index (χ0) is 69.0. The maximum Gasteiger partial charge on any atom is 0.472 e. The van der Waals surface area contributed by atoms with E-state index in [-0.39, 0.29) is 25.7 Å². The van der Waals surface area contributed by atoms with Crippen LogP contribution in [0.3, 0.4) is 0 Å². The highest BCUT2D eigenvalue weighted by molar-refractivity contribution is 7.47. The van der Waals surface area contributed by atoms with E-state index in [1.807, 2.05) is 0 Å². The van der Waals surface area contributed by atoms with Crippen LogP contribution >= 0.6 is 15.6 Å². The third kappa shape index (κ3) is 67.3. The summed E-state index contributed by atoms with van der Waals surface area (Å²) in [5.74, 6) is -2.18. The lowest BCUT2D eigenvalue weighted by Crippen LogP contribution is -2.30. The number of carbonyl (C=O) groups excluding carboxylic acids is 4. The molecule has 0 amide bonds. The fraction of sp³-hybridized carbons (Fsp3) is 0.813. The Labute approximate surface area is 571 Å². The topological polar surface area (TPSA) is 237 Å². The van der Waals surface area contributed by atoms with Gasteiger partial charge in [-0.05, 0) is 83.5 Å². The van der Waals surface area contributed by atoms with Crippen LogP contribution in [-0.2, 0) is 65.4 Å². The standard InChI is InChI=1S/C75H136O17P2/c1-5-9-13-17-21-25-29-32-34-37-40-43-47-51-55-59-72(77)85-65-70(91-74(79)61-57-53-49-45-39-28-24-20-16-12-8-4)67-89-93(81,82)87-63-69(76)64-88-94(83,84)90-68-71(92-75(80)62-58-54-50-46-42-36-31-27-23-19-15-11-7-3)66-86-73(78)60-56-52-48-44-41-38-35-33-30-26-22-18-14-10-6-2/h9,13,15,19,21,25,27,31-32,34,69-71,76H,5-8,10-12,14,16-18,20,22-24,26,28-30,33,35-68H2,1-4H3,(H,81,82)(H,83,84)/b13-9-,19-15-,25-21-,31-27-,34-32-. The van der Waals surface area contributed by atoms with Crippen LogP contribution in [0.1, 0.15) is 336 Å². The molecule has 0 saturated carbocycles. The maximum absolute atomic E-state index is 13.0. The van der Waals surface area contributed by atoms with Crippen molar-refractivity contribution in [1.29, 1.82) is 0 Å². The number of ether oxygens (including phenoxy) is 4. The van der Waals surface area contributed by atoms with Gasteiger partial charge in [-0.25, -0.2) is 9.13 Å². The Morgan fingerprint density at radius 1 is 0.309 bits per heavy atom.